The molecule has 0 radical (unpaired) electrons. The smallest absolute Gasteiger partial charge is 0.123 e. The number of nitrogens with two attached hydrogens (primary N) is 1. The largest absolute Gasteiger partial charge is 0.271 e. The second kappa shape index (κ2) is 6.35. The van der Waals surface area contributed by atoms with Crippen LogP contribution in [0.2, 0.25) is 5.02 Å². The fourth-order valence-electron chi connectivity index (χ4n) is 2.33. The Balaban J connectivity index is 2.49. The predicted octanol–water partition coefficient (Wildman–Crippen LogP) is 2.95. The molecule has 0 aliphatic carbocycles. The van der Waals surface area contributed by atoms with Crippen molar-refractivity contribution < 1.29 is 4.39 Å². The van der Waals surface area contributed by atoms with Crippen molar-refractivity contribution in [3.63, 3.8) is 0 Å². The molecule has 6 heteroatoms. The molecule has 4 nitrogen and oxygen atoms in total. The lowest BCUT2D eigenvalue weighted by molar-refractivity contribution is 0.519. The quantitative estimate of drug-likeness (QED) is 0.659. The predicted molar refractivity (Wildman–Crippen MR) is 77.8 cm³/mol. The van der Waals surface area contributed by atoms with E-state index in [1.807, 2.05) is 11.6 Å². The molecule has 1 heterocycles. The van der Waals surface area contributed by atoms with E-state index in [-0.39, 0.29) is 11.9 Å². The molecule has 0 bridgehead atoms. The maximum absolute atomic E-state index is 13.2. The topological polar surface area (TPSA) is 55.9 Å². The van der Waals surface area contributed by atoms with Crippen molar-refractivity contribution in [3.05, 3.63) is 52.1 Å². The van der Waals surface area contributed by atoms with Gasteiger partial charge in [-0.25, -0.2) is 9.82 Å². The van der Waals surface area contributed by atoms with Gasteiger partial charge in [0.1, 0.15) is 5.82 Å². The Kier molecular flexibility index (Phi) is 4.75. The first-order chi connectivity index (χ1) is 9.58. The monoisotopic (exact) mass is 296 g/mol. The summed E-state index contributed by atoms with van der Waals surface area (Å²) in [5.41, 5.74) is 5.25. The number of hydrogen-bond acceptors (Lipinski definition) is 3. The number of halogens is 2. The van der Waals surface area contributed by atoms with Gasteiger partial charge in [0.2, 0.25) is 0 Å². The molecular formula is C14H18ClFN4. The summed E-state index contributed by atoms with van der Waals surface area (Å²) in [4.78, 5) is 0. The summed E-state index contributed by atoms with van der Waals surface area (Å²) in [6.45, 7) is 4.66. The SMILES string of the molecule is CCCn1ncc(Cl)c1C(NN)c1ccc(F)cc1C. The Morgan fingerprint density at radius 3 is 2.85 bits per heavy atom. The van der Waals surface area contributed by atoms with Gasteiger partial charge in [-0.2, -0.15) is 5.10 Å². The summed E-state index contributed by atoms with van der Waals surface area (Å²) >= 11 is 6.23. The molecule has 0 saturated heterocycles. The van der Waals surface area contributed by atoms with Gasteiger partial charge in [0.25, 0.3) is 0 Å². The Labute approximate surface area is 122 Å². The molecule has 0 spiro atoms. The molecule has 20 heavy (non-hydrogen) atoms. The van der Waals surface area contributed by atoms with Crippen LogP contribution in [0, 0.1) is 12.7 Å². The van der Waals surface area contributed by atoms with Crippen molar-refractivity contribution >= 4 is 11.6 Å². The van der Waals surface area contributed by atoms with Gasteiger partial charge >= 0.3 is 0 Å². The van der Waals surface area contributed by atoms with Crippen LogP contribution in [-0.2, 0) is 6.54 Å². The number of benzene rings is 1. The van der Waals surface area contributed by atoms with E-state index in [1.165, 1.54) is 12.1 Å². The van der Waals surface area contributed by atoms with Gasteiger partial charge in [-0.3, -0.25) is 10.5 Å². The van der Waals surface area contributed by atoms with E-state index in [4.69, 9.17) is 17.4 Å². The number of hydrogen-bond donors (Lipinski definition) is 2. The van der Waals surface area contributed by atoms with Crippen LogP contribution < -0.4 is 11.3 Å². The highest BCUT2D eigenvalue weighted by Gasteiger charge is 2.22. The zero-order chi connectivity index (χ0) is 14.7. The first kappa shape index (κ1) is 15.0. The fraction of sp³-hybridized carbons (Fsp3) is 0.357. The Hall–Kier alpha value is -1.43. The first-order valence-electron chi connectivity index (χ1n) is 6.51. The zero-order valence-corrected chi connectivity index (χ0v) is 12.3. The van der Waals surface area contributed by atoms with Crippen LogP contribution in [-0.4, -0.2) is 9.78 Å². The second-order valence-corrected chi connectivity index (χ2v) is 5.11. The molecule has 0 amide bonds. The Morgan fingerprint density at radius 2 is 2.25 bits per heavy atom. The Bertz CT molecular complexity index is 597. The van der Waals surface area contributed by atoms with Crippen LogP contribution >= 0.6 is 11.6 Å². The summed E-state index contributed by atoms with van der Waals surface area (Å²) in [7, 11) is 0. The van der Waals surface area contributed by atoms with E-state index in [9.17, 15) is 4.39 Å². The molecule has 2 rings (SSSR count). The van der Waals surface area contributed by atoms with Crippen LogP contribution in [0.1, 0.15) is 36.2 Å². The number of aryl methyl sites for hydroxylation is 2. The fourth-order valence-corrected chi connectivity index (χ4v) is 2.58. The highest BCUT2D eigenvalue weighted by atomic mass is 35.5. The number of hydrazine groups is 1. The number of nitrogens with zero attached hydrogens (tertiary/aromatic N) is 2. The van der Waals surface area contributed by atoms with Crippen molar-refractivity contribution in [2.45, 2.75) is 32.9 Å². The van der Waals surface area contributed by atoms with Crippen LogP contribution in [0.15, 0.2) is 24.4 Å². The molecule has 1 aromatic heterocycles. The van der Waals surface area contributed by atoms with Crippen molar-refractivity contribution in [3.8, 4) is 0 Å². The maximum Gasteiger partial charge on any atom is 0.123 e. The average Bonchev–Trinajstić information content (AvgIpc) is 2.75. The summed E-state index contributed by atoms with van der Waals surface area (Å²) in [6, 6.07) is 4.29. The van der Waals surface area contributed by atoms with Crippen molar-refractivity contribution in [2.75, 3.05) is 0 Å². The van der Waals surface area contributed by atoms with Crippen molar-refractivity contribution in [1.82, 2.24) is 15.2 Å². The van der Waals surface area contributed by atoms with Crippen molar-refractivity contribution in [2.24, 2.45) is 5.84 Å². The van der Waals surface area contributed by atoms with Gasteiger partial charge in [-0.05, 0) is 36.6 Å². The van der Waals surface area contributed by atoms with Crippen LogP contribution in [0.5, 0.6) is 0 Å². The van der Waals surface area contributed by atoms with Gasteiger partial charge in [0.15, 0.2) is 0 Å². The highest BCUT2D eigenvalue weighted by Crippen LogP contribution is 2.30. The lowest BCUT2D eigenvalue weighted by Crippen LogP contribution is -2.31. The van der Waals surface area contributed by atoms with Gasteiger partial charge in [0.05, 0.1) is 23.0 Å². The van der Waals surface area contributed by atoms with E-state index in [2.05, 4.69) is 17.4 Å². The van der Waals surface area contributed by atoms with Gasteiger partial charge in [-0.1, -0.05) is 24.6 Å². The lowest BCUT2D eigenvalue weighted by atomic mass is 9.99. The molecule has 0 aliphatic rings. The van der Waals surface area contributed by atoms with E-state index < -0.39 is 0 Å². The average molecular weight is 297 g/mol. The molecule has 3 N–H and O–H groups in total. The molecule has 108 valence electrons. The molecule has 1 aromatic carbocycles. The van der Waals surface area contributed by atoms with E-state index in [0.29, 0.717) is 5.02 Å². The normalized spacial score (nSPS) is 12.7. The molecule has 0 aliphatic heterocycles. The third kappa shape index (κ3) is 2.85. The number of rotatable bonds is 5. The van der Waals surface area contributed by atoms with Crippen molar-refractivity contribution in [1.29, 1.82) is 0 Å². The molecular weight excluding hydrogens is 279 g/mol. The minimum absolute atomic E-state index is 0.268. The maximum atomic E-state index is 13.2. The molecule has 1 atom stereocenters. The van der Waals surface area contributed by atoms with Gasteiger partial charge in [-0.15, -0.1) is 0 Å². The summed E-state index contributed by atoms with van der Waals surface area (Å²) in [6.07, 6.45) is 2.54. The van der Waals surface area contributed by atoms with E-state index in [0.717, 1.165) is 29.8 Å². The van der Waals surface area contributed by atoms with Crippen LogP contribution in [0.25, 0.3) is 0 Å². The molecule has 0 fully saturated rings. The summed E-state index contributed by atoms with van der Waals surface area (Å²) < 4.78 is 15.1. The molecule has 2 aromatic rings. The summed E-state index contributed by atoms with van der Waals surface area (Å²) in [5, 5.41) is 4.81. The van der Waals surface area contributed by atoms with Crippen LogP contribution in [0.3, 0.4) is 0 Å². The van der Waals surface area contributed by atoms with Gasteiger partial charge in [0, 0.05) is 6.54 Å². The lowest BCUT2D eigenvalue weighted by Gasteiger charge is -2.20. The second-order valence-electron chi connectivity index (χ2n) is 4.70. The summed E-state index contributed by atoms with van der Waals surface area (Å²) in [5.74, 6) is 5.43. The first-order valence-corrected chi connectivity index (χ1v) is 6.89. The third-order valence-electron chi connectivity index (χ3n) is 3.25. The number of nitrogens with one attached hydrogen (secondary N) is 1. The van der Waals surface area contributed by atoms with Crippen LogP contribution in [0.4, 0.5) is 4.39 Å². The van der Waals surface area contributed by atoms with E-state index in [1.54, 1.807) is 12.3 Å². The minimum atomic E-state index is -0.322. The van der Waals surface area contributed by atoms with Gasteiger partial charge < -0.3 is 0 Å². The third-order valence-corrected chi connectivity index (χ3v) is 3.54. The standard InChI is InChI=1S/C14H18ClFN4/c1-3-6-20-14(12(15)8-18-20)13(19-17)11-5-4-10(16)7-9(11)2/h4-5,7-8,13,19H,3,6,17H2,1-2H3. The zero-order valence-electron chi connectivity index (χ0n) is 11.5. The molecule has 1 unspecified atom stereocenters. The molecule has 0 saturated carbocycles. The Morgan fingerprint density at radius 1 is 1.50 bits per heavy atom. The highest BCUT2D eigenvalue weighted by molar-refractivity contribution is 6.31. The van der Waals surface area contributed by atoms with E-state index >= 15 is 0 Å². The number of aromatic nitrogens is 2. The minimum Gasteiger partial charge on any atom is -0.271 e.